The molecule has 0 aromatic heterocycles. The van der Waals surface area contributed by atoms with Gasteiger partial charge in [-0.3, -0.25) is 9.59 Å². The van der Waals surface area contributed by atoms with Crippen LogP contribution in [-0.2, 0) is 14.3 Å². The van der Waals surface area contributed by atoms with Crippen LogP contribution in [0, 0.1) is 6.92 Å². The van der Waals surface area contributed by atoms with E-state index < -0.39 is 47.7 Å². The van der Waals surface area contributed by atoms with Crippen molar-refractivity contribution >= 4 is 17.9 Å². The fraction of sp³-hybridized carbons (Fsp3) is 0.667. The minimum atomic E-state index is -1.30. The number of hydrogen-bond donors (Lipinski definition) is 4. The van der Waals surface area contributed by atoms with Crippen LogP contribution in [0.5, 0.6) is 5.75 Å². The van der Waals surface area contributed by atoms with Crippen LogP contribution < -0.4 is 10.6 Å². The third kappa shape index (κ3) is 10.4. The number of unbranched alkanes of at least 4 members (excludes halogenated alkanes) is 3. The van der Waals surface area contributed by atoms with Crippen molar-refractivity contribution in [3.63, 3.8) is 0 Å². The highest BCUT2D eigenvalue weighted by molar-refractivity contribution is 5.92. The van der Waals surface area contributed by atoms with Crippen LogP contribution in [0.25, 0.3) is 0 Å². The SMILES string of the molecule is CCCCCCN(C(=O)C(CO)NC(=O)OC(C)(C)C)C(C(=O)NC(C)(C)C)c1ccc(O)c(C)c1. The Kier molecular flexibility index (Phi) is 11.7. The van der Waals surface area contributed by atoms with Crippen LogP contribution >= 0.6 is 0 Å². The van der Waals surface area contributed by atoms with E-state index in [1.165, 1.54) is 11.0 Å². The van der Waals surface area contributed by atoms with E-state index in [0.717, 1.165) is 19.3 Å². The van der Waals surface area contributed by atoms with Crippen molar-refractivity contribution in [2.45, 2.75) is 104 Å². The number of rotatable bonds is 11. The molecule has 0 bridgehead atoms. The van der Waals surface area contributed by atoms with Gasteiger partial charge < -0.3 is 30.5 Å². The summed E-state index contributed by atoms with van der Waals surface area (Å²) in [6.45, 7) is 14.0. The number of benzene rings is 1. The molecule has 0 saturated carbocycles. The van der Waals surface area contributed by atoms with Crippen molar-refractivity contribution in [3.8, 4) is 5.75 Å². The average molecular weight is 508 g/mol. The van der Waals surface area contributed by atoms with Crippen molar-refractivity contribution in [1.82, 2.24) is 15.5 Å². The first kappa shape index (κ1) is 31.2. The van der Waals surface area contributed by atoms with Crippen LogP contribution in [0.15, 0.2) is 18.2 Å². The summed E-state index contributed by atoms with van der Waals surface area (Å²) in [6.07, 6.45) is 2.63. The highest BCUT2D eigenvalue weighted by Gasteiger charge is 2.37. The van der Waals surface area contributed by atoms with Gasteiger partial charge in [-0.15, -0.1) is 0 Å². The average Bonchev–Trinajstić information content (AvgIpc) is 2.73. The Labute approximate surface area is 215 Å². The minimum absolute atomic E-state index is 0.0781. The third-order valence-electron chi connectivity index (χ3n) is 5.30. The Bertz CT molecular complexity index is 888. The van der Waals surface area contributed by atoms with Gasteiger partial charge in [0.25, 0.3) is 0 Å². The molecule has 1 rings (SSSR count). The number of hydrogen-bond acceptors (Lipinski definition) is 6. The number of carbonyl (C=O) groups is 3. The van der Waals surface area contributed by atoms with E-state index in [0.29, 0.717) is 17.5 Å². The molecule has 204 valence electrons. The molecule has 0 radical (unpaired) electrons. The van der Waals surface area contributed by atoms with Crippen molar-refractivity contribution in [2.75, 3.05) is 13.2 Å². The monoisotopic (exact) mass is 507 g/mol. The van der Waals surface area contributed by atoms with Crippen molar-refractivity contribution in [1.29, 1.82) is 0 Å². The van der Waals surface area contributed by atoms with Gasteiger partial charge in [-0.05, 0) is 78.1 Å². The number of alkyl carbamates (subject to hydrolysis) is 1. The van der Waals surface area contributed by atoms with Gasteiger partial charge in [0.15, 0.2) is 0 Å². The first-order valence-corrected chi connectivity index (χ1v) is 12.6. The zero-order chi connectivity index (χ0) is 27.7. The molecule has 0 spiro atoms. The van der Waals surface area contributed by atoms with E-state index in [-0.39, 0.29) is 12.3 Å². The maximum atomic E-state index is 13.7. The lowest BCUT2D eigenvalue weighted by atomic mass is 9.98. The minimum Gasteiger partial charge on any atom is -0.508 e. The molecule has 9 heteroatoms. The number of phenolic OH excluding ortho intramolecular Hbond substituents is 1. The molecule has 0 heterocycles. The van der Waals surface area contributed by atoms with E-state index in [4.69, 9.17) is 4.74 Å². The lowest BCUT2D eigenvalue weighted by Crippen LogP contribution is -2.55. The maximum Gasteiger partial charge on any atom is 0.408 e. The zero-order valence-corrected chi connectivity index (χ0v) is 23.1. The number of ether oxygens (including phenoxy) is 1. The fourth-order valence-corrected chi connectivity index (χ4v) is 3.67. The van der Waals surface area contributed by atoms with Crippen molar-refractivity contribution < 1.29 is 29.3 Å². The van der Waals surface area contributed by atoms with Gasteiger partial charge in [-0.25, -0.2) is 4.79 Å². The summed E-state index contributed by atoms with van der Waals surface area (Å²) in [5.41, 5.74) is -0.274. The second-order valence-electron chi connectivity index (χ2n) is 11.2. The summed E-state index contributed by atoms with van der Waals surface area (Å²) in [5, 5.41) is 25.4. The van der Waals surface area contributed by atoms with Crippen LogP contribution in [0.2, 0.25) is 0 Å². The van der Waals surface area contributed by atoms with E-state index in [1.807, 2.05) is 20.8 Å². The summed E-state index contributed by atoms with van der Waals surface area (Å²) in [4.78, 5) is 41.1. The molecule has 2 unspecified atom stereocenters. The molecule has 9 nitrogen and oxygen atoms in total. The molecule has 0 saturated heterocycles. The van der Waals surface area contributed by atoms with Gasteiger partial charge in [-0.1, -0.05) is 32.3 Å². The number of aliphatic hydroxyl groups excluding tert-OH is 1. The molecule has 0 aliphatic heterocycles. The number of nitrogens with one attached hydrogen (secondary N) is 2. The van der Waals surface area contributed by atoms with Crippen LogP contribution in [0.4, 0.5) is 4.79 Å². The lowest BCUT2D eigenvalue weighted by Gasteiger charge is -2.36. The van der Waals surface area contributed by atoms with Crippen LogP contribution in [0.1, 0.15) is 91.3 Å². The first-order chi connectivity index (χ1) is 16.6. The summed E-state index contributed by atoms with van der Waals surface area (Å²) in [6, 6.07) is 2.44. The topological polar surface area (TPSA) is 128 Å². The number of nitrogens with zero attached hydrogens (tertiary/aromatic N) is 1. The second kappa shape index (κ2) is 13.5. The highest BCUT2D eigenvalue weighted by Crippen LogP contribution is 2.28. The smallest absolute Gasteiger partial charge is 0.408 e. The molecule has 4 N–H and O–H groups in total. The summed E-state index contributed by atoms with van der Waals surface area (Å²) >= 11 is 0. The Morgan fingerprint density at radius 2 is 1.69 bits per heavy atom. The maximum absolute atomic E-state index is 13.7. The number of aliphatic hydroxyl groups is 1. The Morgan fingerprint density at radius 3 is 2.19 bits per heavy atom. The summed E-state index contributed by atoms with van der Waals surface area (Å²) in [7, 11) is 0. The predicted octanol–water partition coefficient (Wildman–Crippen LogP) is 3.95. The third-order valence-corrected chi connectivity index (χ3v) is 5.30. The van der Waals surface area contributed by atoms with Gasteiger partial charge in [-0.2, -0.15) is 0 Å². The Balaban J connectivity index is 3.46. The Morgan fingerprint density at radius 1 is 1.06 bits per heavy atom. The summed E-state index contributed by atoms with van der Waals surface area (Å²) in [5.74, 6) is -0.917. The molecule has 36 heavy (non-hydrogen) atoms. The first-order valence-electron chi connectivity index (χ1n) is 12.6. The largest absolute Gasteiger partial charge is 0.508 e. The molecule has 0 fully saturated rings. The fourth-order valence-electron chi connectivity index (χ4n) is 3.67. The zero-order valence-electron chi connectivity index (χ0n) is 23.1. The number of phenols is 1. The van der Waals surface area contributed by atoms with Gasteiger partial charge in [0.2, 0.25) is 11.8 Å². The van der Waals surface area contributed by atoms with Gasteiger partial charge in [0, 0.05) is 12.1 Å². The number of carbonyl (C=O) groups excluding carboxylic acids is 3. The quantitative estimate of drug-likeness (QED) is 0.336. The van der Waals surface area contributed by atoms with Crippen molar-refractivity contribution in [2.24, 2.45) is 0 Å². The lowest BCUT2D eigenvalue weighted by molar-refractivity contribution is -0.144. The molecular weight excluding hydrogens is 462 g/mol. The van der Waals surface area contributed by atoms with Gasteiger partial charge >= 0.3 is 6.09 Å². The number of aryl methyl sites for hydroxylation is 1. The molecule has 1 aromatic rings. The summed E-state index contributed by atoms with van der Waals surface area (Å²) < 4.78 is 5.26. The molecular formula is C27H45N3O6. The standard InChI is InChI=1S/C27H45N3O6/c1-9-10-11-12-15-30(24(34)20(17-31)28-25(35)36-27(6,7)8)22(23(33)29-26(3,4)5)19-13-14-21(32)18(2)16-19/h13-14,16,20,22,31-32H,9-12,15,17H2,1-8H3,(H,28,35)(H,29,33). The highest BCUT2D eigenvalue weighted by atomic mass is 16.6. The number of amides is 3. The van der Waals surface area contributed by atoms with Crippen molar-refractivity contribution in [3.05, 3.63) is 29.3 Å². The van der Waals surface area contributed by atoms with E-state index in [2.05, 4.69) is 17.6 Å². The Hall–Kier alpha value is -2.81. The normalized spacial score (nSPS) is 13.5. The van der Waals surface area contributed by atoms with Gasteiger partial charge in [0.1, 0.15) is 23.4 Å². The van der Waals surface area contributed by atoms with E-state index in [9.17, 15) is 24.6 Å². The molecule has 0 aliphatic rings. The molecule has 3 amide bonds. The van der Waals surface area contributed by atoms with Crippen LogP contribution in [0.3, 0.4) is 0 Å². The van der Waals surface area contributed by atoms with Crippen LogP contribution in [-0.4, -0.2) is 63.4 Å². The molecule has 2 atom stereocenters. The number of aromatic hydroxyl groups is 1. The van der Waals surface area contributed by atoms with E-state index in [1.54, 1.807) is 39.8 Å². The van der Waals surface area contributed by atoms with E-state index >= 15 is 0 Å². The molecule has 1 aromatic carbocycles. The predicted molar refractivity (Wildman–Crippen MR) is 140 cm³/mol. The van der Waals surface area contributed by atoms with Gasteiger partial charge in [0.05, 0.1) is 6.61 Å². The molecule has 0 aliphatic carbocycles. The second-order valence-corrected chi connectivity index (χ2v) is 11.2.